The van der Waals surface area contributed by atoms with E-state index in [1.54, 1.807) is 48.7 Å². The van der Waals surface area contributed by atoms with E-state index in [0.29, 0.717) is 49.0 Å². The van der Waals surface area contributed by atoms with Gasteiger partial charge in [0.25, 0.3) is 0 Å². The van der Waals surface area contributed by atoms with Gasteiger partial charge in [-0.3, -0.25) is 9.78 Å². The molecular formula is C21H10Cl2N2O2. The van der Waals surface area contributed by atoms with Gasteiger partial charge in [-0.25, -0.2) is 0 Å². The highest BCUT2D eigenvalue weighted by Crippen LogP contribution is 2.33. The van der Waals surface area contributed by atoms with Crippen molar-refractivity contribution in [3.05, 3.63) is 86.8 Å². The number of nitriles is 1. The minimum Gasteiger partial charge on any atom is -0.455 e. The Morgan fingerprint density at radius 2 is 1.70 bits per heavy atom. The van der Waals surface area contributed by atoms with Crippen LogP contribution in [0.15, 0.2) is 70.1 Å². The van der Waals surface area contributed by atoms with Crippen LogP contribution in [0.5, 0.6) is 0 Å². The maximum Gasteiger partial charge on any atom is 0.193 e. The van der Waals surface area contributed by atoms with Gasteiger partial charge in [-0.2, -0.15) is 5.26 Å². The maximum absolute atomic E-state index is 12.7. The molecule has 0 fully saturated rings. The molecule has 4 aromatic rings. The van der Waals surface area contributed by atoms with Crippen LogP contribution in [-0.2, 0) is 0 Å². The summed E-state index contributed by atoms with van der Waals surface area (Å²) in [6.45, 7) is 0. The highest BCUT2D eigenvalue weighted by molar-refractivity contribution is 6.32. The van der Waals surface area contributed by atoms with Crippen LogP contribution in [0.4, 0.5) is 0 Å². The lowest BCUT2D eigenvalue weighted by Crippen LogP contribution is -2.01. The third kappa shape index (κ3) is 3.31. The van der Waals surface area contributed by atoms with Crippen molar-refractivity contribution >= 4 is 34.2 Å². The molecule has 4 nitrogen and oxygen atoms in total. The lowest BCUT2D eigenvalue weighted by atomic mass is 10.0. The molecule has 0 unspecified atom stereocenters. The average molecular weight is 393 g/mol. The number of aromatic nitrogens is 1. The van der Waals surface area contributed by atoms with Gasteiger partial charge < -0.3 is 4.42 Å². The SMILES string of the molecule is N#Cc1ccc(-c2cc(=O)c3cc(Cl)cc(-c4cncc(Cl)c4)c3o2)cc1. The minimum absolute atomic E-state index is 0.214. The molecular weight excluding hydrogens is 383 g/mol. The minimum atomic E-state index is -0.214. The molecule has 0 aliphatic heterocycles. The van der Waals surface area contributed by atoms with E-state index in [2.05, 4.69) is 11.1 Å². The summed E-state index contributed by atoms with van der Waals surface area (Å²) in [7, 11) is 0. The Labute approximate surface area is 164 Å². The summed E-state index contributed by atoms with van der Waals surface area (Å²) >= 11 is 12.3. The fourth-order valence-corrected chi connectivity index (χ4v) is 3.24. The summed E-state index contributed by atoms with van der Waals surface area (Å²) in [6, 6.07) is 15.3. The van der Waals surface area contributed by atoms with Crippen molar-refractivity contribution in [3.8, 4) is 28.5 Å². The number of rotatable bonds is 2. The second kappa shape index (κ2) is 6.88. The molecule has 4 rings (SSSR count). The number of hydrogen-bond acceptors (Lipinski definition) is 4. The molecule has 0 spiro atoms. The summed E-state index contributed by atoms with van der Waals surface area (Å²) in [6.07, 6.45) is 3.15. The van der Waals surface area contributed by atoms with Crippen molar-refractivity contribution in [3.63, 3.8) is 0 Å². The van der Waals surface area contributed by atoms with Crippen LogP contribution < -0.4 is 5.43 Å². The van der Waals surface area contributed by atoms with Gasteiger partial charge >= 0.3 is 0 Å². The molecule has 0 bridgehead atoms. The van der Waals surface area contributed by atoms with Gasteiger partial charge in [0, 0.05) is 40.2 Å². The van der Waals surface area contributed by atoms with Crippen LogP contribution in [0, 0.1) is 11.3 Å². The Bertz CT molecular complexity index is 1270. The van der Waals surface area contributed by atoms with Crippen molar-refractivity contribution in [2.45, 2.75) is 0 Å². The van der Waals surface area contributed by atoms with E-state index in [-0.39, 0.29) is 5.43 Å². The van der Waals surface area contributed by atoms with Gasteiger partial charge in [-0.05, 0) is 42.5 Å². The molecule has 2 aromatic heterocycles. The van der Waals surface area contributed by atoms with Crippen LogP contribution >= 0.6 is 23.2 Å². The van der Waals surface area contributed by atoms with Gasteiger partial charge in [0.15, 0.2) is 5.43 Å². The van der Waals surface area contributed by atoms with E-state index >= 15 is 0 Å². The van der Waals surface area contributed by atoms with Crippen LogP contribution in [0.2, 0.25) is 10.0 Å². The summed E-state index contributed by atoms with van der Waals surface area (Å²) in [5.41, 5.74) is 2.72. The van der Waals surface area contributed by atoms with Gasteiger partial charge in [0.2, 0.25) is 0 Å². The van der Waals surface area contributed by atoms with Crippen molar-refractivity contribution in [1.82, 2.24) is 4.98 Å². The quantitative estimate of drug-likeness (QED) is 0.438. The standard InChI is InChI=1S/C21H10Cl2N2O2/c22-15-6-17(14-5-16(23)11-25-10-14)21-18(7-15)19(26)8-20(27-21)13-3-1-12(9-24)2-4-13/h1-8,10-11H. The van der Waals surface area contributed by atoms with Gasteiger partial charge in [-0.15, -0.1) is 0 Å². The van der Waals surface area contributed by atoms with Crippen LogP contribution in [-0.4, -0.2) is 4.98 Å². The zero-order valence-corrected chi connectivity index (χ0v) is 15.3. The van der Waals surface area contributed by atoms with Crippen LogP contribution in [0.3, 0.4) is 0 Å². The zero-order chi connectivity index (χ0) is 19.0. The first-order valence-electron chi connectivity index (χ1n) is 7.94. The van der Waals surface area contributed by atoms with Crippen LogP contribution in [0.1, 0.15) is 5.56 Å². The van der Waals surface area contributed by atoms with Crippen LogP contribution in [0.25, 0.3) is 33.4 Å². The fraction of sp³-hybridized carbons (Fsp3) is 0. The predicted octanol–water partition coefficient (Wildman–Crippen LogP) is 5.70. The Hall–Kier alpha value is -3.13. The molecule has 2 heterocycles. The molecule has 130 valence electrons. The van der Waals surface area contributed by atoms with E-state index in [0.717, 1.165) is 0 Å². The smallest absolute Gasteiger partial charge is 0.193 e. The molecule has 0 amide bonds. The number of fused-ring (bicyclic) bond motifs is 1. The lowest BCUT2D eigenvalue weighted by molar-refractivity contribution is 0.620. The number of hydrogen-bond donors (Lipinski definition) is 0. The highest BCUT2D eigenvalue weighted by atomic mass is 35.5. The molecule has 0 atom stereocenters. The maximum atomic E-state index is 12.7. The molecule has 0 aliphatic carbocycles. The first kappa shape index (κ1) is 17.3. The van der Waals surface area contributed by atoms with Gasteiger partial charge in [0.1, 0.15) is 11.3 Å². The zero-order valence-electron chi connectivity index (χ0n) is 13.7. The van der Waals surface area contributed by atoms with E-state index in [9.17, 15) is 4.79 Å². The van der Waals surface area contributed by atoms with Crippen molar-refractivity contribution in [2.75, 3.05) is 0 Å². The molecule has 0 N–H and O–H groups in total. The molecule has 0 saturated heterocycles. The van der Waals surface area contributed by atoms with E-state index in [4.69, 9.17) is 32.9 Å². The molecule has 2 aromatic carbocycles. The van der Waals surface area contributed by atoms with Crippen molar-refractivity contribution < 1.29 is 4.42 Å². The number of halogens is 2. The normalized spacial score (nSPS) is 10.7. The average Bonchev–Trinajstić information content (AvgIpc) is 2.68. The topological polar surface area (TPSA) is 66.9 Å². The molecule has 0 saturated carbocycles. The summed E-state index contributed by atoms with van der Waals surface area (Å²) in [5.74, 6) is 0.399. The lowest BCUT2D eigenvalue weighted by Gasteiger charge is -2.09. The van der Waals surface area contributed by atoms with E-state index in [1.165, 1.54) is 12.3 Å². The monoisotopic (exact) mass is 392 g/mol. The molecule has 0 aliphatic rings. The fourth-order valence-electron chi connectivity index (χ4n) is 2.85. The summed E-state index contributed by atoms with van der Waals surface area (Å²) in [5, 5.41) is 10.2. The molecule has 0 radical (unpaired) electrons. The number of pyridine rings is 1. The Morgan fingerprint density at radius 3 is 2.41 bits per heavy atom. The third-order valence-corrected chi connectivity index (χ3v) is 4.53. The van der Waals surface area contributed by atoms with E-state index < -0.39 is 0 Å². The number of nitrogens with zero attached hydrogens (tertiary/aromatic N) is 2. The van der Waals surface area contributed by atoms with E-state index in [1.807, 2.05) is 0 Å². The predicted molar refractivity (Wildman–Crippen MR) is 106 cm³/mol. The second-order valence-corrected chi connectivity index (χ2v) is 6.76. The van der Waals surface area contributed by atoms with Crippen molar-refractivity contribution in [2.24, 2.45) is 0 Å². The Balaban J connectivity index is 2.00. The molecule has 6 heteroatoms. The van der Waals surface area contributed by atoms with Gasteiger partial charge in [0.05, 0.1) is 22.0 Å². The van der Waals surface area contributed by atoms with Gasteiger partial charge in [-0.1, -0.05) is 23.2 Å². The first-order chi connectivity index (χ1) is 13.0. The summed E-state index contributed by atoms with van der Waals surface area (Å²) in [4.78, 5) is 16.8. The first-order valence-corrected chi connectivity index (χ1v) is 8.69. The highest BCUT2D eigenvalue weighted by Gasteiger charge is 2.14. The Kier molecular flexibility index (Phi) is 4.41. The third-order valence-electron chi connectivity index (χ3n) is 4.11. The Morgan fingerprint density at radius 1 is 0.926 bits per heavy atom. The largest absolute Gasteiger partial charge is 0.455 e. The molecule has 27 heavy (non-hydrogen) atoms. The number of benzene rings is 2. The van der Waals surface area contributed by atoms with Crippen molar-refractivity contribution in [1.29, 1.82) is 5.26 Å². The summed E-state index contributed by atoms with van der Waals surface area (Å²) < 4.78 is 6.07. The second-order valence-electron chi connectivity index (χ2n) is 5.89.